The maximum absolute atomic E-state index is 11.6. The molecule has 0 radical (unpaired) electrons. The average molecular weight is 361 g/mol. The number of fused-ring (bicyclic) bond motifs is 1. The number of carboxylic acid groups (broad SMARTS) is 1. The zero-order valence-corrected chi connectivity index (χ0v) is 15.4. The highest BCUT2D eigenvalue weighted by atomic mass is 16.4. The molecule has 1 N–H and O–H groups in total. The van der Waals surface area contributed by atoms with Gasteiger partial charge in [0.15, 0.2) is 0 Å². The second-order valence-corrected chi connectivity index (χ2v) is 7.32. The fraction of sp³-hybridized carbons (Fsp3) is 0.318. The lowest BCUT2D eigenvalue weighted by Gasteiger charge is -2.37. The van der Waals surface area contributed by atoms with Crippen LogP contribution in [-0.4, -0.2) is 39.0 Å². The first-order chi connectivity index (χ1) is 13.1. The van der Waals surface area contributed by atoms with E-state index in [1.54, 1.807) is 6.20 Å². The van der Waals surface area contributed by atoms with E-state index in [9.17, 15) is 9.90 Å². The smallest absolute Gasteiger partial charge is 0.307 e. The van der Waals surface area contributed by atoms with Crippen LogP contribution >= 0.6 is 0 Å². The van der Waals surface area contributed by atoms with E-state index in [1.165, 1.54) is 0 Å². The van der Waals surface area contributed by atoms with Crippen LogP contribution in [0.1, 0.15) is 35.7 Å². The normalized spacial score (nSPS) is 19.1. The first-order valence-corrected chi connectivity index (χ1v) is 9.35. The molecule has 0 saturated carbocycles. The molecule has 4 rings (SSSR count). The molecule has 5 heteroatoms. The number of hydrogen-bond donors (Lipinski definition) is 1. The molecule has 2 atom stereocenters. The van der Waals surface area contributed by atoms with Crippen molar-refractivity contribution in [1.82, 2.24) is 14.9 Å². The first kappa shape index (κ1) is 17.6. The fourth-order valence-electron chi connectivity index (χ4n) is 3.92. The number of carboxylic acids is 1. The largest absolute Gasteiger partial charge is 0.481 e. The SMILES string of the molecule is Cc1ccc(C(c2ccc3cnccc3c2)N2CCCC(C(=O)O)C2)nc1. The molecule has 0 bridgehead atoms. The van der Waals surface area contributed by atoms with Crippen molar-refractivity contribution >= 4 is 16.7 Å². The lowest BCUT2D eigenvalue weighted by molar-refractivity contribution is -0.143. The van der Waals surface area contributed by atoms with Crippen LogP contribution in [0.15, 0.2) is 55.0 Å². The van der Waals surface area contributed by atoms with Gasteiger partial charge in [-0.05, 0) is 61.0 Å². The van der Waals surface area contributed by atoms with Crippen molar-refractivity contribution in [3.05, 3.63) is 71.8 Å². The van der Waals surface area contributed by atoms with Gasteiger partial charge in [0.2, 0.25) is 0 Å². The van der Waals surface area contributed by atoms with Gasteiger partial charge in [0.1, 0.15) is 0 Å². The second kappa shape index (κ2) is 7.45. The molecule has 1 aromatic carbocycles. The van der Waals surface area contributed by atoms with Gasteiger partial charge >= 0.3 is 5.97 Å². The standard InChI is InChI=1S/C22H23N3O2/c1-15-4-7-20(24-12-15)21(25-10-2-3-19(14-25)22(26)27)17-5-6-18-13-23-9-8-16(18)11-17/h4-9,11-13,19,21H,2-3,10,14H2,1H3,(H,26,27). The summed E-state index contributed by atoms with van der Waals surface area (Å²) in [7, 11) is 0. The van der Waals surface area contributed by atoms with Crippen molar-refractivity contribution in [3.63, 3.8) is 0 Å². The van der Waals surface area contributed by atoms with Crippen molar-refractivity contribution in [3.8, 4) is 0 Å². The number of pyridine rings is 2. The highest BCUT2D eigenvalue weighted by Gasteiger charge is 2.32. The van der Waals surface area contributed by atoms with Crippen molar-refractivity contribution < 1.29 is 9.90 Å². The maximum atomic E-state index is 11.6. The first-order valence-electron chi connectivity index (χ1n) is 9.35. The fourth-order valence-corrected chi connectivity index (χ4v) is 3.92. The summed E-state index contributed by atoms with van der Waals surface area (Å²) in [5.74, 6) is -1.03. The molecule has 2 aromatic heterocycles. The summed E-state index contributed by atoms with van der Waals surface area (Å²) in [6, 6.07) is 12.4. The number of aromatic nitrogens is 2. The molecule has 138 valence electrons. The summed E-state index contributed by atoms with van der Waals surface area (Å²) in [6.07, 6.45) is 7.16. The molecule has 27 heavy (non-hydrogen) atoms. The quantitative estimate of drug-likeness (QED) is 0.765. The highest BCUT2D eigenvalue weighted by molar-refractivity contribution is 5.82. The predicted octanol–water partition coefficient (Wildman–Crippen LogP) is 3.82. The average Bonchev–Trinajstić information content (AvgIpc) is 2.70. The van der Waals surface area contributed by atoms with Gasteiger partial charge < -0.3 is 5.11 Å². The van der Waals surface area contributed by atoms with Gasteiger partial charge in [0, 0.05) is 30.5 Å². The minimum atomic E-state index is -0.708. The summed E-state index contributed by atoms with van der Waals surface area (Å²) in [4.78, 5) is 22.7. The van der Waals surface area contributed by atoms with Crippen LogP contribution < -0.4 is 0 Å². The Balaban J connectivity index is 1.77. The Morgan fingerprint density at radius 3 is 2.85 bits per heavy atom. The lowest BCUT2D eigenvalue weighted by Crippen LogP contribution is -2.41. The van der Waals surface area contributed by atoms with E-state index in [1.807, 2.05) is 25.4 Å². The van der Waals surface area contributed by atoms with E-state index in [2.05, 4.69) is 45.2 Å². The molecule has 3 aromatic rings. The van der Waals surface area contributed by atoms with Gasteiger partial charge in [-0.2, -0.15) is 0 Å². The predicted molar refractivity (Wildman–Crippen MR) is 104 cm³/mol. The maximum Gasteiger partial charge on any atom is 0.307 e. The second-order valence-electron chi connectivity index (χ2n) is 7.32. The zero-order chi connectivity index (χ0) is 18.8. The molecule has 1 aliphatic heterocycles. The summed E-state index contributed by atoms with van der Waals surface area (Å²) in [5.41, 5.74) is 3.21. The number of aryl methyl sites for hydroxylation is 1. The number of rotatable bonds is 4. The van der Waals surface area contributed by atoms with Gasteiger partial charge in [0.05, 0.1) is 17.7 Å². The summed E-state index contributed by atoms with van der Waals surface area (Å²) in [6.45, 7) is 3.44. The molecular weight excluding hydrogens is 338 g/mol. The number of nitrogens with zero attached hydrogens (tertiary/aromatic N) is 3. The van der Waals surface area contributed by atoms with E-state index >= 15 is 0 Å². The van der Waals surface area contributed by atoms with Crippen LogP contribution in [0.4, 0.5) is 0 Å². The van der Waals surface area contributed by atoms with Crippen LogP contribution in [0.2, 0.25) is 0 Å². The van der Waals surface area contributed by atoms with Crippen LogP contribution in [-0.2, 0) is 4.79 Å². The Labute approximate surface area is 158 Å². The third-order valence-electron chi connectivity index (χ3n) is 5.36. The molecule has 0 aliphatic carbocycles. The summed E-state index contributed by atoms with van der Waals surface area (Å²) in [5, 5.41) is 11.7. The molecule has 3 heterocycles. The van der Waals surface area contributed by atoms with Gasteiger partial charge in [-0.3, -0.25) is 19.7 Å². The van der Waals surface area contributed by atoms with Crippen molar-refractivity contribution in [1.29, 1.82) is 0 Å². The molecule has 1 fully saturated rings. The Kier molecular flexibility index (Phi) is 4.86. The number of aliphatic carboxylic acids is 1. The monoisotopic (exact) mass is 361 g/mol. The van der Waals surface area contributed by atoms with Gasteiger partial charge in [-0.15, -0.1) is 0 Å². The molecule has 5 nitrogen and oxygen atoms in total. The molecule has 0 amide bonds. The van der Waals surface area contributed by atoms with Crippen LogP contribution in [0.5, 0.6) is 0 Å². The number of piperidine rings is 1. The van der Waals surface area contributed by atoms with E-state index in [-0.39, 0.29) is 12.0 Å². The van der Waals surface area contributed by atoms with E-state index in [0.29, 0.717) is 6.54 Å². The van der Waals surface area contributed by atoms with Crippen molar-refractivity contribution in [2.24, 2.45) is 5.92 Å². The topological polar surface area (TPSA) is 66.3 Å². The summed E-state index contributed by atoms with van der Waals surface area (Å²) >= 11 is 0. The minimum absolute atomic E-state index is 0.0506. The molecule has 2 unspecified atom stereocenters. The number of carbonyl (C=O) groups is 1. The highest BCUT2D eigenvalue weighted by Crippen LogP contribution is 2.33. The molecule has 0 spiro atoms. The molecule has 1 saturated heterocycles. The molecular formula is C22H23N3O2. The Morgan fingerprint density at radius 2 is 2.07 bits per heavy atom. The Bertz CT molecular complexity index is 955. The van der Waals surface area contributed by atoms with Crippen LogP contribution in [0.25, 0.3) is 10.8 Å². The Morgan fingerprint density at radius 1 is 1.19 bits per heavy atom. The van der Waals surface area contributed by atoms with E-state index in [4.69, 9.17) is 0 Å². The van der Waals surface area contributed by atoms with Crippen molar-refractivity contribution in [2.75, 3.05) is 13.1 Å². The van der Waals surface area contributed by atoms with E-state index in [0.717, 1.165) is 47.0 Å². The zero-order valence-electron chi connectivity index (χ0n) is 15.4. The van der Waals surface area contributed by atoms with E-state index < -0.39 is 5.97 Å². The molecule has 1 aliphatic rings. The lowest BCUT2D eigenvalue weighted by atomic mass is 9.92. The van der Waals surface area contributed by atoms with Crippen LogP contribution in [0.3, 0.4) is 0 Å². The van der Waals surface area contributed by atoms with Gasteiger partial charge in [-0.25, -0.2) is 0 Å². The van der Waals surface area contributed by atoms with Crippen molar-refractivity contribution in [2.45, 2.75) is 25.8 Å². The number of hydrogen-bond acceptors (Lipinski definition) is 4. The third-order valence-corrected chi connectivity index (χ3v) is 5.36. The number of likely N-dealkylation sites (tertiary alicyclic amines) is 1. The van der Waals surface area contributed by atoms with Gasteiger partial charge in [-0.1, -0.05) is 18.2 Å². The van der Waals surface area contributed by atoms with Gasteiger partial charge in [0.25, 0.3) is 0 Å². The van der Waals surface area contributed by atoms with Crippen LogP contribution in [0, 0.1) is 12.8 Å². The minimum Gasteiger partial charge on any atom is -0.481 e. The Hall–Kier alpha value is -2.79. The third kappa shape index (κ3) is 3.69. The number of benzene rings is 1. The summed E-state index contributed by atoms with van der Waals surface area (Å²) < 4.78 is 0.